The highest BCUT2D eigenvalue weighted by Crippen LogP contribution is 2.24. The first-order valence-electron chi connectivity index (χ1n) is 5.94. The van der Waals surface area contributed by atoms with E-state index in [0.717, 1.165) is 37.3 Å². The van der Waals surface area contributed by atoms with Crippen molar-refractivity contribution in [3.63, 3.8) is 0 Å². The standard InChI is InChI=1S/C11H19N5O/c1-8-6-10(14-11(13-8)15-12)16-5-3-2-4-9(16)7-17/h6,9,17H,2-5,7,12H2,1H3,(H,13,14,15). The first-order valence-corrected chi connectivity index (χ1v) is 5.94. The molecule has 0 spiro atoms. The van der Waals surface area contributed by atoms with Crippen LogP contribution in [0.3, 0.4) is 0 Å². The highest BCUT2D eigenvalue weighted by molar-refractivity contribution is 5.45. The third kappa shape index (κ3) is 2.65. The number of hydrazine groups is 1. The molecule has 1 aliphatic heterocycles. The van der Waals surface area contributed by atoms with Crippen molar-refractivity contribution in [2.24, 2.45) is 5.84 Å². The van der Waals surface area contributed by atoms with Gasteiger partial charge in [-0.3, -0.25) is 5.43 Å². The van der Waals surface area contributed by atoms with Crippen molar-refractivity contribution in [1.29, 1.82) is 0 Å². The van der Waals surface area contributed by atoms with Crippen LogP contribution in [0.15, 0.2) is 6.07 Å². The molecule has 1 aromatic heterocycles. The van der Waals surface area contributed by atoms with Crippen LogP contribution in [0.2, 0.25) is 0 Å². The summed E-state index contributed by atoms with van der Waals surface area (Å²) in [6.07, 6.45) is 3.30. The van der Waals surface area contributed by atoms with Gasteiger partial charge in [0.05, 0.1) is 12.6 Å². The summed E-state index contributed by atoms with van der Waals surface area (Å²) < 4.78 is 0. The molecule has 0 aliphatic carbocycles. The quantitative estimate of drug-likeness (QED) is 0.522. The molecule has 0 amide bonds. The zero-order chi connectivity index (χ0) is 12.3. The van der Waals surface area contributed by atoms with Crippen molar-refractivity contribution < 1.29 is 5.11 Å². The number of aliphatic hydroxyl groups excluding tert-OH is 1. The van der Waals surface area contributed by atoms with Crippen molar-refractivity contribution >= 4 is 11.8 Å². The van der Waals surface area contributed by atoms with E-state index in [1.807, 2.05) is 13.0 Å². The number of aliphatic hydroxyl groups is 1. The number of aryl methyl sites for hydroxylation is 1. The van der Waals surface area contributed by atoms with Crippen LogP contribution in [0, 0.1) is 6.92 Å². The summed E-state index contributed by atoms with van der Waals surface area (Å²) in [5, 5.41) is 9.39. The average Bonchev–Trinajstić information content (AvgIpc) is 2.37. The van der Waals surface area contributed by atoms with Crippen LogP contribution < -0.4 is 16.2 Å². The van der Waals surface area contributed by atoms with Gasteiger partial charge in [0.2, 0.25) is 5.95 Å². The van der Waals surface area contributed by atoms with Gasteiger partial charge < -0.3 is 10.0 Å². The molecular weight excluding hydrogens is 218 g/mol. The van der Waals surface area contributed by atoms with Gasteiger partial charge in [-0.05, 0) is 26.2 Å². The minimum atomic E-state index is 0.156. The van der Waals surface area contributed by atoms with Crippen molar-refractivity contribution in [3.8, 4) is 0 Å². The fourth-order valence-corrected chi connectivity index (χ4v) is 2.26. The Hall–Kier alpha value is -1.40. The zero-order valence-electron chi connectivity index (χ0n) is 10.1. The van der Waals surface area contributed by atoms with E-state index in [9.17, 15) is 5.11 Å². The maximum Gasteiger partial charge on any atom is 0.239 e. The Bertz CT molecular complexity index is 384. The molecule has 1 aromatic rings. The molecule has 0 saturated carbocycles. The van der Waals surface area contributed by atoms with Crippen LogP contribution >= 0.6 is 0 Å². The lowest BCUT2D eigenvalue weighted by molar-refractivity contribution is 0.239. The Morgan fingerprint density at radius 3 is 3.06 bits per heavy atom. The number of nitrogens with zero attached hydrogens (tertiary/aromatic N) is 3. The van der Waals surface area contributed by atoms with E-state index in [1.165, 1.54) is 0 Å². The highest BCUT2D eigenvalue weighted by Gasteiger charge is 2.23. The Labute approximate surface area is 101 Å². The second-order valence-corrected chi connectivity index (χ2v) is 4.36. The number of hydrogen-bond donors (Lipinski definition) is 3. The Balaban J connectivity index is 2.27. The average molecular weight is 237 g/mol. The van der Waals surface area contributed by atoms with Crippen LogP contribution in [-0.4, -0.2) is 34.3 Å². The Morgan fingerprint density at radius 2 is 2.35 bits per heavy atom. The van der Waals surface area contributed by atoms with Gasteiger partial charge in [0.25, 0.3) is 0 Å². The number of piperidine rings is 1. The van der Waals surface area contributed by atoms with E-state index in [1.54, 1.807) is 0 Å². The maximum absolute atomic E-state index is 9.39. The molecule has 2 rings (SSSR count). The lowest BCUT2D eigenvalue weighted by Crippen LogP contribution is -2.42. The predicted octanol–water partition coefficient (Wildman–Crippen LogP) is 0.422. The van der Waals surface area contributed by atoms with Gasteiger partial charge >= 0.3 is 0 Å². The molecule has 0 bridgehead atoms. The summed E-state index contributed by atoms with van der Waals surface area (Å²) in [6, 6.07) is 2.08. The molecule has 6 heteroatoms. The number of rotatable bonds is 3. The van der Waals surface area contributed by atoms with Crippen molar-refractivity contribution in [2.45, 2.75) is 32.2 Å². The van der Waals surface area contributed by atoms with Crippen molar-refractivity contribution in [1.82, 2.24) is 9.97 Å². The lowest BCUT2D eigenvalue weighted by atomic mass is 10.0. The monoisotopic (exact) mass is 237 g/mol. The third-order valence-corrected chi connectivity index (χ3v) is 3.10. The smallest absolute Gasteiger partial charge is 0.239 e. The fraction of sp³-hybridized carbons (Fsp3) is 0.636. The zero-order valence-corrected chi connectivity index (χ0v) is 10.1. The Morgan fingerprint density at radius 1 is 1.53 bits per heavy atom. The number of aromatic nitrogens is 2. The lowest BCUT2D eigenvalue weighted by Gasteiger charge is -2.35. The van der Waals surface area contributed by atoms with E-state index >= 15 is 0 Å². The first-order chi connectivity index (χ1) is 8.24. The van der Waals surface area contributed by atoms with Crippen LogP contribution in [0.5, 0.6) is 0 Å². The minimum absolute atomic E-state index is 0.156. The molecule has 17 heavy (non-hydrogen) atoms. The summed E-state index contributed by atoms with van der Waals surface area (Å²) in [5.74, 6) is 6.60. The first kappa shape index (κ1) is 12.1. The summed E-state index contributed by atoms with van der Waals surface area (Å²) in [6.45, 7) is 2.99. The topological polar surface area (TPSA) is 87.3 Å². The summed E-state index contributed by atoms with van der Waals surface area (Å²) in [4.78, 5) is 10.6. The van der Waals surface area contributed by atoms with Gasteiger partial charge in [-0.15, -0.1) is 0 Å². The Kier molecular flexibility index (Phi) is 3.75. The third-order valence-electron chi connectivity index (χ3n) is 3.10. The fourth-order valence-electron chi connectivity index (χ4n) is 2.26. The molecule has 0 radical (unpaired) electrons. The van der Waals surface area contributed by atoms with Gasteiger partial charge in [0, 0.05) is 18.3 Å². The second kappa shape index (κ2) is 5.29. The molecule has 2 heterocycles. The van der Waals surface area contributed by atoms with E-state index in [4.69, 9.17) is 5.84 Å². The molecule has 1 saturated heterocycles. The molecule has 94 valence electrons. The predicted molar refractivity (Wildman–Crippen MR) is 66.6 cm³/mol. The van der Waals surface area contributed by atoms with Crippen LogP contribution in [0.1, 0.15) is 25.0 Å². The highest BCUT2D eigenvalue weighted by atomic mass is 16.3. The van der Waals surface area contributed by atoms with Crippen LogP contribution in [0.4, 0.5) is 11.8 Å². The molecule has 1 atom stereocenters. The summed E-state index contributed by atoms with van der Waals surface area (Å²) >= 11 is 0. The molecule has 1 fully saturated rings. The van der Waals surface area contributed by atoms with Crippen molar-refractivity contribution in [2.75, 3.05) is 23.5 Å². The molecule has 4 N–H and O–H groups in total. The SMILES string of the molecule is Cc1cc(N2CCCCC2CO)nc(NN)n1. The normalized spacial score (nSPS) is 20.4. The van der Waals surface area contributed by atoms with E-state index in [0.29, 0.717) is 5.95 Å². The number of hydrogen-bond acceptors (Lipinski definition) is 6. The van der Waals surface area contributed by atoms with Crippen molar-refractivity contribution in [3.05, 3.63) is 11.8 Å². The number of nitrogens with two attached hydrogens (primary N) is 1. The van der Waals surface area contributed by atoms with Gasteiger partial charge in [-0.25, -0.2) is 10.8 Å². The van der Waals surface area contributed by atoms with Gasteiger partial charge in [-0.2, -0.15) is 4.98 Å². The largest absolute Gasteiger partial charge is 0.394 e. The summed E-state index contributed by atoms with van der Waals surface area (Å²) in [7, 11) is 0. The summed E-state index contributed by atoms with van der Waals surface area (Å²) in [5.41, 5.74) is 3.33. The molecule has 6 nitrogen and oxygen atoms in total. The number of anilines is 2. The van der Waals surface area contributed by atoms with Gasteiger partial charge in [0.1, 0.15) is 5.82 Å². The number of nitrogens with one attached hydrogen (secondary N) is 1. The van der Waals surface area contributed by atoms with E-state index in [2.05, 4.69) is 20.3 Å². The van der Waals surface area contributed by atoms with E-state index < -0.39 is 0 Å². The van der Waals surface area contributed by atoms with Crippen LogP contribution in [0.25, 0.3) is 0 Å². The molecule has 1 unspecified atom stereocenters. The molecule has 0 aromatic carbocycles. The second-order valence-electron chi connectivity index (χ2n) is 4.36. The van der Waals surface area contributed by atoms with E-state index in [-0.39, 0.29) is 12.6 Å². The minimum Gasteiger partial charge on any atom is -0.394 e. The van der Waals surface area contributed by atoms with Crippen LogP contribution in [-0.2, 0) is 0 Å². The number of nitrogen functional groups attached to an aromatic ring is 1. The van der Waals surface area contributed by atoms with Gasteiger partial charge in [0.15, 0.2) is 0 Å². The molecular formula is C11H19N5O. The maximum atomic E-state index is 9.39. The van der Waals surface area contributed by atoms with Gasteiger partial charge in [-0.1, -0.05) is 0 Å². The molecule has 1 aliphatic rings.